The van der Waals surface area contributed by atoms with Gasteiger partial charge in [-0.1, -0.05) is 44.2 Å². The first-order valence-corrected chi connectivity index (χ1v) is 8.95. The van der Waals surface area contributed by atoms with Crippen molar-refractivity contribution in [3.63, 3.8) is 0 Å². The van der Waals surface area contributed by atoms with Crippen LogP contribution in [0.1, 0.15) is 49.0 Å². The summed E-state index contributed by atoms with van der Waals surface area (Å²) in [5.41, 5.74) is 2.00. The zero-order chi connectivity index (χ0) is 18.9. The fourth-order valence-corrected chi connectivity index (χ4v) is 2.61. The van der Waals surface area contributed by atoms with Crippen LogP contribution in [0.2, 0.25) is 0 Å². The van der Waals surface area contributed by atoms with Gasteiger partial charge in [0.2, 0.25) is 0 Å². The summed E-state index contributed by atoms with van der Waals surface area (Å²) >= 11 is 0. The Labute approximate surface area is 154 Å². The monoisotopic (exact) mass is 354 g/mol. The van der Waals surface area contributed by atoms with Crippen LogP contribution in [-0.2, 0) is 4.79 Å². The third-order valence-corrected chi connectivity index (χ3v) is 4.20. The van der Waals surface area contributed by atoms with Gasteiger partial charge in [-0.05, 0) is 43.0 Å². The summed E-state index contributed by atoms with van der Waals surface area (Å²) in [6.45, 7) is 6.51. The number of amides is 2. The second kappa shape index (κ2) is 9.61. The lowest BCUT2D eigenvalue weighted by molar-refractivity contribution is -0.118. The van der Waals surface area contributed by atoms with Crippen molar-refractivity contribution in [2.75, 3.05) is 18.5 Å². The van der Waals surface area contributed by atoms with Gasteiger partial charge in [-0.3, -0.25) is 9.59 Å². The van der Waals surface area contributed by atoms with E-state index in [1.165, 1.54) is 0 Å². The van der Waals surface area contributed by atoms with Crippen LogP contribution in [0.5, 0.6) is 5.75 Å². The van der Waals surface area contributed by atoms with Crippen molar-refractivity contribution < 1.29 is 14.3 Å². The van der Waals surface area contributed by atoms with Crippen molar-refractivity contribution in [1.82, 2.24) is 5.32 Å². The molecular formula is C21H26N2O3. The zero-order valence-corrected chi connectivity index (χ0v) is 15.5. The Bertz CT molecular complexity index is 758. The molecule has 26 heavy (non-hydrogen) atoms. The highest BCUT2D eigenvalue weighted by molar-refractivity contribution is 6.04. The molecule has 0 saturated heterocycles. The molecule has 0 aromatic heterocycles. The number of hydrogen-bond donors (Lipinski definition) is 2. The summed E-state index contributed by atoms with van der Waals surface area (Å²) in [6.07, 6.45) is 0.993. The van der Waals surface area contributed by atoms with Gasteiger partial charge in [0.15, 0.2) is 6.61 Å². The van der Waals surface area contributed by atoms with E-state index in [2.05, 4.69) is 24.5 Å². The van der Waals surface area contributed by atoms with E-state index in [0.717, 1.165) is 12.0 Å². The lowest BCUT2D eigenvalue weighted by Gasteiger charge is -2.16. The number of ether oxygens (including phenoxy) is 1. The maximum atomic E-state index is 12.3. The minimum absolute atomic E-state index is 0.114. The second-order valence-corrected chi connectivity index (χ2v) is 6.09. The fraction of sp³-hybridized carbons (Fsp3) is 0.333. The predicted molar refractivity (Wildman–Crippen MR) is 104 cm³/mol. The first-order chi connectivity index (χ1) is 12.6. The topological polar surface area (TPSA) is 67.4 Å². The van der Waals surface area contributed by atoms with Gasteiger partial charge in [0.25, 0.3) is 11.8 Å². The van der Waals surface area contributed by atoms with Crippen molar-refractivity contribution in [1.29, 1.82) is 0 Å². The quantitative estimate of drug-likeness (QED) is 0.754. The van der Waals surface area contributed by atoms with Gasteiger partial charge in [0.1, 0.15) is 5.75 Å². The van der Waals surface area contributed by atoms with E-state index in [9.17, 15) is 9.59 Å². The molecule has 5 heteroatoms. The summed E-state index contributed by atoms with van der Waals surface area (Å²) in [7, 11) is 0. The van der Waals surface area contributed by atoms with Crippen molar-refractivity contribution >= 4 is 17.5 Å². The van der Waals surface area contributed by atoms with E-state index in [-0.39, 0.29) is 18.4 Å². The molecule has 0 aliphatic heterocycles. The van der Waals surface area contributed by atoms with Gasteiger partial charge >= 0.3 is 0 Å². The number of carbonyl (C=O) groups is 2. The van der Waals surface area contributed by atoms with E-state index < -0.39 is 0 Å². The van der Waals surface area contributed by atoms with Crippen LogP contribution < -0.4 is 15.4 Å². The van der Waals surface area contributed by atoms with Crippen molar-refractivity contribution in [2.24, 2.45) is 0 Å². The maximum Gasteiger partial charge on any atom is 0.262 e. The Hall–Kier alpha value is -2.82. The fourth-order valence-electron chi connectivity index (χ4n) is 2.61. The zero-order valence-electron chi connectivity index (χ0n) is 15.5. The normalized spacial score (nSPS) is 11.5. The van der Waals surface area contributed by atoms with Gasteiger partial charge in [0.05, 0.1) is 11.3 Å². The molecule has 5 nitrogen and oxygen atoms in total. The third kappa shape index (κ3) is 5.09. The first-order valence-electron chi connectivity index (χ1n) is 8.95. The predicted octanol–water partition coefficient (Wildman–Crippen LogP) is 3.97. The molecule has 138 valence electrons. The average molecular weight is 354 g/mol. The molecule has 0 heterocycles. The molecule has 1 unspecified atom stereocenters. The summed E-state index contributed by atoms with van der Waals surface area (Å²) in [4.78, 5) is 24.4. The van der Waals surface area contributed by atoms with Crippen LogP contribution in [0.3, 0.4) is 0 Å². The minimum atomic E-state index is -0.305. The van der Waals surface area contributed by atoms with Gasteiger partial charge in [-0.2, -0.15) is 0 Å². The number of nitrogens with one attached hydrogen (secondary N) is 2. The number of benzene rings is 2. The molecule has 2 rings (SSSR count). The van der Waals surface area contributed by atoms with E-state index in [4.69, 9.17) is 4.74 Å². The smallest absolute Gasteiger partial charge is 0.262 e. The van der Waals surface area contributed by atoms with Gasteiger partial charge in [0, 0.05) is 6.54 Å². The summed E-state index contributed by atoms with van der Waals surface area (Å²) in [6, 6.07) is 14.7. The number of para-hydroxylation sites is 2. The molecule has 2 aromatic carbocycles. The summed E-state index contributed by atoms with van der Waals surface area (Å²) in [5.74, 6) is 0.550. The molecule has 0 spiro atoms. The Kier molecular flexibility index (Phi) is 7.21. The number of anilines is 1. The van der Waals surface area contributed by atoms with Crippen LogP contribution in [-0.4, -0.2) is 25.0 Å². The molecule has 0 radical (unpaired) electrons. The van der Waals surface area contributed by atoms with E-state index in [1.807, 2.05) is 31.2 Å². The highest BCUT2D eigenvalue weighted by Crippen LogP contribution is 2.28. The number of rotatable bonds is 8. The highest BCUT2D eigenvalue weighted by Gasteiger charge is 2.14. The Morgan fingerprint density at radius 2 is 1.73 bits per heavy atom. The number of carbonyl (C=O) groups excluding carboxylic acids is 2. The molecule has 0 aliphatic rings. The largest absolute Gasteiger partial charge is 0.483 e. The standard InChI is InChI=1S/C21H26N2O3/c1-4-15(3)16-10-7-9-13-19(16)26-14-20(24)23-18-12-8-6-11-17(18)21(25)22-5-2/h6-13,15H,4-5,14H2,1-3H3,(H,22,25)(H,23,24). The molecule has 1 atom stereocenters. The lowest BCUT2D eigenvalue weighted by atomic mass is 9.98. The van der Waals surface area contributed by atoms with Crippen molar-refractivity contribution in [3.8, 4) is 5.75 Å². The van der Waals surface area contributed by atoms with Gasteiger partial charge < -0.3 is 15.4 Å². The van der Waals surface area contributed by atoms with E-state index >= 15 is 0 Å². The second-order valence-electron chi connectivity index (χ2n) is 6.09. The molecule has 2 amide bonds. The first kappa shape index (κ1) is 19.5. The minimum Gasteiger partial charge on any atom is -0.483 e. The average Bonchev–Trinajstić information content (AvgIpc) is 2.66. The molecule has 2 aromatic rings. The van der Waals surface area contributed by atoms with Crippen LogP contribution in [0, 0.1) is 0 Å². The molecule has 0 saturated carbocycles. The molecule has 2 N–H and O–H groups in total. The molecule has 0 bridgehead atoms. The van der Waals surface area contributed by atoms with Crippen LogP contribution in [0.4, 0.5) is 5.69 Å². The van der Waals surface area contributed by atoms with Crippen molar-refractivity contribution in [3.05, 3.63) is 59.7 Å². The van der Waals surface area contributed by atoms with Crippen LogP contribution in [0.25, 0.3) is 0 Å². The summed E-state index contributed by atoms with van der Waals surface area (Å²) in [5, 5.41) is 5.50. The van der Waals surface area contributed by atoms with E-state index in [0.29, 0.717) is 29.5 Å². The van der Waals surface area contributed by atoms with Gasteiger partial charge in [-0.25, -0.2) is 0 Å². The molecule has 0 aliphatic carbocycles. The SMILES string of the molecule is CCNC(=O)c1ccccc1NC(=O)COc1ccccc1C(C)CC. The molecule has 0 fully saturated rings. The Morgan fingerprint density at radius 3 is 2.46 bits per heavy atom. The Balaban J connectivity index is 2.04. The van der Waals surface area contributed by atoms with E-state index in [1.54, 1.807) is 24.3 Å². The highest BCUT2D eigenvalue weighted by atomic mass is 16.5. The van der Waals surface area contributed by atoms with Crippen molar-refractivity contribution in [2.45, 2.75) is 33.1 Å². The molecular weight excluding hydrogens is 328 g/mol. The third-order valence-electron chi connectivity index (χ3n) is 4.20. The van der Waals surface area contributed by atoms with Crippen LogP contribution >= 0.6 is 0 Å². The number of hydrogen-bond acceptors (Lipinski definition) is 3. The van der Waals surface area contributed by atoms with Gasteiger partial charge in [-0.15, -0.1) is 0 Å². The maximum absolute atomic E-state index is 12.3. The summed E-state index contributed by atoms with van der Waals surface area (Å²) < 4.78 is 5.73. The lowest BCUT2D eigenvalue weighted by Crippen LogP contribution is -2.26. The van der Waals surface area contributed by atoms with Crippen LogP contribution in [0.15, 0.2) is 48.5 Å². The Morgan fingerprint density at radius 1 is 1.04 bits per heavy atom.